The second kappa shape index (κ2) is 6.21. The van der Waals surface area contributed by atoms with Crippen LogP contribution in [0.15, 0.2) is 42.6 Å². The lowest BCUT2D eigenvalue weighted by Crippen LogP contribution is -2.31. The van der Waals surface area contributed by atoms with Gasteiger partial charge in [0.15, 0.2) is 0 Å². The van der Waals surface area contributed by atoms with E-state index in [1.54, 1.807) is 12.3 Å². The van der Waals surface area contributed by atoms with Crippen LogP contribution in [0.1, 0.15) is 17.3 Å². The molecule has 0 saturated carbocycles. The van der Waals surface area contributed by atoms with Crippen LogP contribution in [0.4, 0.5) is 4.39 Å². The zero-order chi connectivity index (χ0) is 13.0. The third-order valence-corrected chi connectivity index (χ3v) is 3.39. The van der Waals surface area contributed by atoms with Gasteiger partial charge >= 0.3 is 0 Å². The predicted molar refractivity (Wildman–Crippen MR) is 77.1 cm³/mol. The molecule has 18 heavy (non-hydrogen) atoms. The molecule has 0 saturated heterocycles. The van der Waals surface area contributed by atoms with Crippen molar-refractivity contribution >= 4 is 22.6 Å². The summed E-state index contributed by atoms with van der Waals surface area (Å²) in [5.41, 5.74) is 4.05. The zero-order valence-electron chi connectivity index (χ0n) is 9.61. The second-order valence-electron chi connectivity index (χ2n) is 3.92. The maximum absolute atomic E-state index is 13.6. The zero-order valence-corrected chi connectivity index (χ0v) is 11.8. The Hall–Kier alpha value is -1.05. The molecule has 1 aromatic carbocycles. The van der Waals surface area contributed by atoms with Gasteiger partial charge in [-0.1, -0.05) is 12.1 Å². The van der Waals surface area contributed by atoms with Gasteiger partial charge in [-0.05, 0) is 58.8 Å². The molecule has 0 fully saturated rings. The maximum atomic E-state index is 13.6. The molecule has 94 valence electrons. The van der Waals surface area contributed by atoms with Crippen molar-refractivity contribution in [1.82, 2.24) is 10.4 Å². The number of halogens is 2. The number of hydrogen-bond donors (Lipinski definition) is 2. The number of hydrogen-bond acceptors (Lipinski definition) is 3. The van der Waals surface area contributed by atoms with Crippen molar-refractivity contribution in [3.8, 4) is 0 Å². The average molecular weight is 357 g/mol. The van der Waals surface area contributed by atoms with Crippen LogP contribution in [0.25, 0.3) is 0 Å². The first kappa shape index (κ1) is 13.4. The summed E-state index contributed by atoms with van der Waals surface area (Å²) in [6.45, 7) is 0. The number of hydrazine groups is 1. The molecule has 1 atom stereocenters. The fourth-order valence-corrected chi connectivity index (χ4v) is 2.10. The Morgan fingerprint density at radius 1 is 1.28 bits per heavy atom. The van der Waals surface area contributed by atoms with E-state index < -0.39 is 0 Å². The Balaban J connectivity index is 2.20. The first-order valence-electron chi connectivity index (χ1n) is 5.51. The Morgan fingerprint density at radius 2 is 2.00 bits per heavy atom. The summed E-state index contributed by atoms with van der Waals surface area (Å²) in [6.07, 6.45) is 2.16. The van der Waals surface area contributed by atoms with Crippen LogP contribution in [-0.2, 0) is 6.42 Å². The SMILES string of the molecule is NNC(Cc1ccc(I)cc1)c1ncccc1F. The predicted octanol–water partition coefficient (Wildman–Crippen LogP) is 2.57. The lowest BCUT2D eigenvalue weighted by molar-refractivity contribution is 0.495. The number of rotatable bonds is 4. The molecule has 1 unspecified atom stereocenters. The highest BCUT2D eigenvalue weighted by Crippen LogP contribution is 2.19. The third-order valence-electron chi connectivity index (χ3n) is 2.67. The van der Waals surface area contributed by atoms with E-state index in [0.717, 1.165) is 9.13 Å². The Bertz CT molecular complexity index is 516. The molecule has 0 aliphatic rings. The van der Waals surface area contributed by atoms with Crippen LogP contribution in [-0.4, -0.2) is 4.98 Å². The molecule has 0 radical (unpaired) electrons. The van der Waals surface area contributed by atoms with Crippen molar-refractivity contribution in [2.24, 2.45) is 5.84 Å². The molecule has 0 bridgehead atoms. The lowest BCUT2D eigenvalue weighted by Gasteiger charge is -2.16. The molecule has 0 aliphatic heterocycles. The van der Waals surface area contributed by atoms with Gasteiger partial charge in [0.05, 0.1) is 11.7 Å². The highest BCUT2D eigenvalue weighted by atomic mass is 127. The summed E-state index contributed by atoms with van der Waals surface area (Å²) in [6, 6.07) is 10.7. The molecule has 3 nitrogen and oxygen atoms in total. The smallest absolute Gasteiger partial charge is 0.146 e. The fraction of sp³-hybridized carbons (Fsp3) is 0.154. The first-order valence-corrected chi connectivity index (χ1v) is 6.59. The summed E-state index contributed by atoms with van der Waals surface area (Å²) in [4.78, 5) is 4.04. The van der Waals surface area contributed by atoms with Crippen LogP contribution in [0, 0.1) is 9.39 Å². The van der Waals surface area contributed by atoms with Gasteiger partial charge in [0, 0.05) is 9.77 Å². The average Bonchev–Trinajstić information content (AvgIpc) is 2.39. The highest BCUT2D eigenvalue weighted by molar-refractivity contribution is 14.1. The molecule has 0 aliphatic carbocycles. The molecule has 5 heteroatoms. The summed E-state index contributed by atoms with van der Waals surface area (Å²) in [5.74, 6) is 5.15. The largest absolute Gasteiger partial charge is 0.271 e. The van der Waals surface area contributed by atoms with Crippen molar-refractivity contribution in [3.63, 3.8) is 0 Å². The van der Waals surface area contributed by atoms with E-state index in [2.05, 4.69) is 33.0 Å². The summed E-state index contributed by atoms with van der Waals surface area (Å²) in [7, 11) is 0. The van der Waals surface area contributed by atoms with E-state index in [4.69, 9.17) is 5.84 Å². The van der Waals surface area contributed by atoms with Gasteiger partial charge in [-0.25, -0.2) is 4.39 Å². The third kappa shape index (κ3) is 3.24. The van der Waals surface area contributed by atoms with Crippen molar-refractivity contribution < 1.29 is 4.39 Å². The molecular weight excluding hydrogens is 344 g/mol. The first-order chi connectivity index (χ1) is 8.70. The van der Waals surface area contributed by atoms with Crippen molar-refractivity contribution in [1.29, 1.82) is 0 Å². The second-order valence-corrected chi connectivity index (χ2v) is 5.17. The molecule has 1 heterocycles. The standard InChI is InChI=1S/C13H13FIN3/c14-11-2-1-7-17-13(11)12(18-16)8-9-3-5-10(15)6-4-9/h1-7,12,18H,8,16H2. The van der Waals surface area contributed by atoms with Gasteiger partial charge in [0.25, 0.3) is 0 Å². The van der Waals surface area contributed by atoms with Gasteiger partial charge in [-0.2, -0.15) is 0 Å². The van der Waals surface area contributed by atoms with E-state index >= 15 is 0 Å². The van der Waals surface area contributed by atoms with E-state index in [0.29, 0.717) is 12.1 Å². The van der Waals surface area contributed by atoms with Crippen LogP contribution in [0.2, 0.25) is 0 Å². The number of nitrogens with two attached hydrogens (primary N) is 1. The Kier molecular flexibility index (Phi) is 4.62. The van der Waals surface area contributed by atoms with E-state index in [1.165, 1.54) is 6.07 Å². The number of pyridine rings is 1. The van der Waals surface area contributed by atoms with Crippen LogP contribution in [0.5, 0.6) is 0 Å². The fourth-order valence-electron chi connectivity index (χ4n) is 1.75. The van der Waals surface area contributed by atoms with Crippen LogP contribution < -0.4 is 11.3 Å². The van der Waals surface area contributed by atoms with E-state index in [9.17, 15) is 4.39 Å². The molecular formula is C13H13FIN3. The molecule has 2 rings (SSSR count). The monoisotopic (exact) mass is 357 g/mol. The Morgan fingerprint density at radius 3 is 2.61 bits per heavy atom. The topological polar surface area (TPSA) is 50.9 Å². The Labute approximate surface area is 119 Å². The molecule has 1 aromatic heterocycles. The van der Waals surface area contributed by atoms with Crippen molar-refractivity contribution in [2.45, 2.75) is 12.5 Å². The minimum Gasteiger partial charge on any atom is -0.271 e. The number of nitrogens with zero attached hydrogens (tertiary/aromatic N) is 1. The summed E-state index contributed by atoms with van der Waals surface area (Å²) >= 11 is 2.24. The number of nitrogens with one attached hydrogen (secondary N) is 1. The summed E-state index contributed by atoms with van der Waals surface area (Å²) < 4.78 is 14.8. The quantitative estimate of drug-likeness (QED) is 0.503. The van der Waals surface area contributed by atoms with E-state index in [1.807, 2.05) is 24.3 Å². The minimum atomic E-state index is -0.342. The molecule has 0 spiro atoms. The highest BCUT2D eigenvalue weighted by Gasteiger charge is 2.15. The van der Waals surface area contributed by atoms with Crippen molar-refractivity contribution in [2.75, 3.05) is 0 Å². The normalized spacial score (nSPS) is 12.4. The van der Waals surface area contributed by atoms with Crippen LogP contribution in [0.3, 0.4) is 0 Å². The summed E-state index contributed by atoms with van der Waals surface area (Å²) in [5, 5.41) is 0. The lowest BCUT2D eigenvalue weighted by atomic mass is 10.0. The molecule has 2 aromatic rings. The van der Waals surface area contributed by atoms with Gasteiger partial charge in [0.1, 0.15) is 5.82 Å². The van der Waals surface area contributed by atoms with Crippen LogP contribution >= 0.6 is 22.6 Å². The van der Waals surface area contributed by atoms with Gasteiger partial charge in [-0.3, -0.25) is 16.3 Å². The van der Waals surface area contributed by atoms with E-state index in [-0.39, 0.29) is 11.9 Å². The van der Waals surface area contributed by atoms with Gasteiger partial charge in [-0.15, -0.1) is 0 Å². The van der Waals surface area contributed by atoms with Crippen molar-refractivity contribution in [3.05, 3.63) is 63.2 Å². The number of aromatic nitrogens is 1. The molecule has 3 N–H and O–H groups in total. The van der Waals surface area contributed by atoms with Gasteiger partial charge in [0.2, 0.25) is 0 Å². The minimum absolute atomic E-state index is 0.328. The molecule has 0 amide bonds. The van der Waals surface area contributed by atoms with Gasteiger partial charge < -0.3 is 0 Å². The maximum Gasteiger partial charge on any atom is 0.146 e. The number of benzene rings is 1.